The van der Waals surface area contributed by atoms with Crippen LogP contribution in [0, 0.1) is 0 Å². The number of nitrogens with one attached hydrogen (secondary N) is 2. The Morgan fingerprint density at radius 1 is 0.879 bits per heavy atom. The second kappa shape index (κ2) is 9.54. The number of nitrogens with zero attached hydrogens (tertiary/aromatic N) is 1. The molecule has 0 unspecified atom stereocenters. The average Bonchev–Trinajstić information content (AvgIpc) is 3.16. The van der Waals surface area contributed by atoms with E-state index < -0.39 is 23.1 Å². The van der Waals surface area contributed by atoms with Crippen LogP contribution in [0.15, 0.2) is 60.7 Å². The van der Waals surface area contributed by atoms with Gasteiger partial charge in [-0.25, -0.2) is 9.78 Å². The molecule has 3 aromatic rings. The van der Waals surface area contributed by atoms with Crippen molar-refractivity contribution in [2.24, 2.45) is 0 Å². The van der Waals surface area contributed by atoms with E-state index in [0.717, 1.165) is 16.9 Å². The molecule has 0 atom stereocenters. The first kappa shape index (κ1) is 24.1. The van der Waals surface area contributed by atoms with E-state index >= 15 is 0 Å². The number of alkyl carbamates (subject to hydrolysis) is 1. The standard InChI is InChI=1S/C25H27N3O4S/c1-24(2,3)28-23(31)32-25(4,5)21(30)27-22-26-18(16-12-8-6-9-13-16)20(33-22)19(29)17-14-10-7-11-15-17/h6-15H,1-5H3,(H,28,31)(H,26,27,30). The Morgan fingerprint density at radius 2 is 1.45 bits per heavy atom. The van der Waals surface area contributed by atoms with Crippen LogP contribution in [0.25, 0.3) is 11.3 Å². The Hall–Kier alpha value is -3.52. The zero-order valence-corrected chi connectivity index (χ0v) is 20.1. The van der Waals surface area contributed by atoms with Crippen molar-refractivity contribution in [1.29, 1.82) is 0 Å². The molecule has 0 spiro atoms. The molecule has 33 heavy (non-hydrogen) atoms. The maximum absolute atomic E-state index is 13.2. The largest absolute Gasteiger partial charge is 0.433 e. The molecule has 0 bridgehead atoms. The number of rotatable bonds is 6. The lowest BCUT2D eigenvalue weighted by atomic mass is 10.1. The Morgan fingerprint density at radius 3 is 2.03 bits per heavy atom. The first-order chi connectivity index (χ1) is 15.5. The van der Waals surface area contributed by atoms with Gasteiger partial charge in [0.05, 0.1) is 5.69 Å². The Labute approximate surface area is 197 Å². The lowest BCUT2D eigenvalue weighted by Crippen LogP contribution is -2.48. The second-order valence-electron chi connectivity index (χ2n) is 8.99. The Kier molecular flexibility index (Phi) is 6.98. The summed E-state index contributed by atoms with van der Waals surface area (Å²) in [6.07, 6.45) is -0.702. The van der Waals surface area contributed by atoms with E-state index in [2.05, 4.69) is 15.6 Å². The van der Waals surface area contributed by atoms with Crippen molar-refractivity contribution in [2.75, 3.05) is 5.32 Å². The third-order valence-corrected chi connectivity index (χ3v) is 5.48. The Bertz CT molecular complexity index is 1150. The predicted molar refractivity (Wildman–Crippen MR) is 130 cm³/mol. The SMILES string of the molecule is CC(C)(C)NC(=O)OC(C)(C)C(=O)Nc1nc(-c2ccccc2)c(C(=O)c2ccccc2)s1. The van der Waals surface area contributed by atoms with E-state index in [1.807, 2.05) is 57.2 Å². The summed E-state index contributed by atoms with van der Waals surface area (Å²) in [5.74, 6) is -0.744. The van der Waals surface area contributed by atoms with Gasteiger partial charge in [0.2, 0.25) is 5.78 Å². The molecule has 0 aliphatic rings. The molecule has 0 radical (unpaired) electrons. The lowest BCUT2D eigenvalue weighted by molar-refractivity contribution is -0.131. The molecule has 0 fully saturated rings. The number of ketones is 1. The highest BCUT2D eigenvalue weighted by Crippen LogP contribution is 2.33. The van der Waals surface area contributed by atoms with Crippen LogP contribution in [-0.2, 0) is 9.53 Å². The zero-order chi connectivity index (χ0) is 24.2. The smallest absolute Gasteiger partial charge is 0.408 e. The van der Waals surface area contributed by atoms with E-state index in [4.69, 9.17) is 4.74 Å². The van der Waals surface area contributed by atoms with Gasteiger partial charge in [0.1, 0.15) is 4.88 Å². The maximum atomic E-state index is 13.2. The number of hydrogen-bond donors (Lipinski definition) is 2. The predicted octanol–water partition coefficient (Wildman–Crippen LogP) is 5.28. The Balaban J connectivity index is 1.88. The molecule has 0 aliphatic heterocycles. The summed E-state index contributed by atoms with van der Waals surface area (Å²) in [6, 6.07) is 18.2. The first-order valence-corrected chi connectivity index (χ1v) is 11.3. The summed E-state index contributed by atoms with van der Waals surface area (Å²) in [7, 11) is 0. The van der Waals surface area contributed by atoms with Gasteiger partial charge < -0.3 is 10.1 Å². The number of benzene rings is 2. The van der Waals surface area contributed by atoms with Crippen LogP contribution in [0.5, 0.6) is 0 Å². The van der Waals surface area contributed by atoms with Crippen molar-refractivity contribution in [2.45, 2.75) is 45.8 Å². The van der Waals surface area contributed by atoms with E-state index in [0.29, 0.717) is 16.1 Å². The molecule has 0 saturated carbocycles. The molecule has 1 aromatic heterocycles. The topological polar surface area (TPSA) is 97.4 Å². The average molecular weight is 466 g/mol. The minimum absolute atomic E-state index is 0.187. The molecule has 1 heterocycles. The number of carbonyl (C=O) groups excluding carboxylic acids is 3. The second-order valence-corrected chi connectivity index (χ2v) is 9.99. The van der Waals surface area contributed by atoms with Crippen molar-refractivity contribution in [1.82, 2.24) is 10.3 Å². The third kappa shape index (κ3) is 6.26. The van der Waals surface area contributed by atoms with E-state index in [1.165, 1.54) is 13.8 Å². The van der Waals surface area contributed by atoms with E-state index in [1.54, 1.807) is 24.3 Å². The van der Waals surface area contributed by atoms with Gasteiger partial charge in [-0.2, -0.15) is 0 Å². The van der Waals surface area contributed by atoms with Gasteiger partial charge in [0, 0.05) is 16.7 Å². The van der Waals surface area contributed by atoms with E-state index in [-0.39, 0.29) is 10.9 Å². The van der Waals surface area contributed by atoms with Crippen LogP contribution < -0.4 is 10.6 Å². The number of thiazole rings is 1. The van der Waals surface area contributed by atoms with Crippen LogP contribution in [0.2, 0.25) is 0 Å². The van der Waals surface area contributed by atoms with Gasteiger partial charge in [-0.3, -0.25) is 14.9 Å². The van der Waals surface area contributed by atoms with Gasteiger partial charge in [-0.05, 0) is 34.6 Å². The van der Waals surface area contributed by atoms with Crippen LogP contribution in [0.3, 0.4) is 0 Å². The number of hydrogen-bond acceptors (Lipinski definition) is 6. The molecule has 0 aliphatic carbocycles. The molecule has 2 amide bonds. The number of anilines is 1. The molecule has 172 valence electrons. The summed E-state index contributed by atoms with van der Waals surface area (Å²) in [4.78, 5) is 43.2. The third-order valence-electron chi connectivity index (χ3n) is 4.51. The molecular weight excluding hydrogens is 438 g/mol. The highest BCUT2D eigenvalue weighted by atomic mass is 32.1. The monoisotopic (exact) mass is 465 g/mol. The molecule has 3 rings (SSSR count). The van der Waals surface area contributed by atoms with Gasteiger partial charge in [0.25, 0.3) is 5.91 Å². The minimum Gasteiger partial charge on any atom is -0.433 e. The minimum atomic E-state index is -1.46. The molecule has 8 heteroatoms. The van der Waals surface area contributed by atoms with Gasteiger partial charge >= 0.3 is 6.09 Å². The normalized spacial score (nSPS) is 11.5. The highest BCUT2D eigenvalue weighted by molar-refractivity contribution is 7.18. The highest BCUT2D eigenvalue weighted by Gasteiger charge is 2.34. The van der Waals surface area contributed by atoms with Crippen LogP contribution in [0.4, 0.5) is 9.93 Å². The first-order valence-electron chi connectivity index (χ1n) is 10.4. The fourth-order valence-corrected chi connectivity index (χ4v) is 3.84. The van der Waals surface area contributed by atoms with Crippen molar-refractivity contribution in [3.8, 4) is 11.3 Å². The number of aromatic nitrogens is 1. The number of amides is 2. The summed E-state index contributed by atoms with van der Waals surface area (Å²) in [5, 5.41) is 5.60. The maximum Gasteiger partial charge on any atom is 0.408 e. The fourth-order valence-electron chi connectivity index (χ4n) is 2.90. The fraction of sp³-hybridized carbons (Fsp3) is 0.280. The summed E-state index contributed by atoms with van der Waals surface area (Å²) in [5.41, 5.74) is -0.199. The summed E-state index contributed by atoms with van der Waals surface area (Å²) < 4.78 is 5.33. The van der Waals surface area contributed by atoms with Crippen molar-refractivity contribution >= 4 is 34.3 Å². The lowest BCUT2D eigenvalue weighted by Gasteiger charge is -2.27. The van der Waals surface area contributed by atoms with Crippen molar-refractivity contribution in [3.05, 3.63) is 71.1 Å². The quantitative estimate of drug-likeness (QED) is 0.483. The van der Waals surface area contributed by atoms with E-state index in [9.17, 15) is 14.4 Å². The van der Waals surface area contributed by atoms with Crippen LogP contribution in [0.1, 0.15) is 49.9 Å². The molecule has 7 nitrogen and oxygen atoms in total. The van der Waals surface area contributed by atoms with Crippen molar-refractivity contribution < 1.29 is 19.1 Å². The molecule has 2 aromatic carbocycles. The van der Waals surface area contributed by atoms with Crippen molar-refractivity contribution in [3.63, 3.8) is 0 Å². The van der Waals surface area contributed by atoms with Gasteiger partial charge in [0.15, 0.2) is 10.7 Å². The van der Waals surface area contributed by atoms with Gasteiger partial charge in [-0.15, -0.1) is 0 Å². The summed E-state index contributed by atoms with van der Waals surface area (Å²) in [6.45, 7) is 8.42. The van der Waals surface area contributed by atoms with Crippen LogP contribution >= 0.6 is 11.3 Å². The number of carbonyl (C=O) groups is 3. The van der Waals surface area contributed by atoms with Gasteiger partial charge in [-0.1, -0.05) is 72.0 Å². The molecular formula is C25H27N3O4S. The summed E-state index contributed by atoms with van der Waals surface area (Å²) >= 11 is 1.08. The number of ether oxygens (including phenoxy) is 1. The zero-order valence-electron chi connectivity index (χ0n) is 19.3. The molecule has 0 saturated heterocycles. The van der Waals surface area contributed by atoms with Crippen LogP contribution in [-0.4, -0.2) is 33.9 Å². The molecule has 2 N–H and O–H groups in total.